The van der Waals surface area contributed by atoms with E-state index < -0.39 is 11.8 Å². The molecule has 0 heterocycles. The largest absolute Gasteiger partial charge is 0.354 e. The van der Waals surface area contributed by atoms with Gasteiger partial charge in [-0.05, 0) is 18.1 Å². The first-order valence-corrected chi connectivity index (χ1v) is 7.61. The molecule has 1 rings (SSSR count). The van der Waals surface area contributed by atoms with Crippen molar-refractivity contribution in [2.24, 2.45) is 0 Å². The van der Waals surface area contributed by atoms with Crippen molar-refractivity contribution in [3.63, 3.8) is 0 Å². The monoisotopic (exact) mass is 317 g/mol. The number of nitriles is 1. The van der Waals surface area contributed by atoms with Crippen LogP contribution in [0.2, 0.25) is 0 Å². The molecule has 0 N–H and O–H groups in total. The summed E-state index contributed by atoms with van der Waals surface area (Å²) in [5.41, 5.74) is 0.970. The Morgan fingerprint density at radius 3 is 2.39 bits per heavy atom. The second-order valence-corrected chi connectivity index (χ2v) is 5.07. The lowest BCUT2D eigenvalue weighted by Gasteiger charge is -2.32. The van der Waals surface area contributed by atoms with Gasteiger partial charge >= 0.3 is 5.97 Å². The van der Waals surface area contributed by atoms with Gasteiger partial charge in [0.2, 0.25) is 5.79 Å². The number of esters is 1. The lowest BCUT2D eigenvalue weighted by molar-refractivity contribution is -0.189. The van der Waals surface area contributed by atoms with Gasteiger partial charge in [0.1, 0.15) is 0 Å². The second kappa shape index (κ2) is 9.78. The summed E-state index contributed by atoms with van der Waals surface area (Å²) in [6.07, 6.45) is 6.39. The number of carbonyl (C=O) groups excluding carboxylic acids is 1. The Morgan fingerprint density at radius 1 is 1.22 bits per heavy atom. The quantitative estimate of drug-likeness (QED) is 0.228. The maximum Gasteiger partial charge on any atom is 0.354 e. The first kappa shape index (κ1) is 18.9. The molecule has 0 atom stereocenters. The van der Waals surface area contributed by atoms with Crippen LogP contribution in [0.25, 0.3) is 6.08 Å². The third-order valence-corrected chi connectivity index (χ3v) is 3.65. The molecular formula is C18H23NO4. The van der Waals surface area contributed by atoms with Crippen LogP contribution in [0.5, 0.6) is 0 Å². The molecular weight excluding hydrogens is 294 g/mol. The number of carbonyl (C=O) groups is 1. The van der Waals surface area contributed by atoms with Crippen molar-refractivity contribution in [3.8, 4) is 6.26 Å². The van der Waals surface area contributed by atoms with Crippen molar-refractivity contribution in [2.75, 3.05) is 14.2 Å². The fourth-order valence-corrected chi connectivity index (χ4v) is 2.39. The molecule has 0 amide bonds. The van der Waals surface area contributed by atoms with Gasteiger partial charge in [-0.15, -0.1) is 5.26 Å². The lowest BCUT2D eigenvalue weighted by Crippen LogP contribution is -2.39. The van der Waals surface area contributed by atoms with Gasteiger partial charge in [0.05, 0.1) is 5.57 Å². The Hall–Kier alpha value is -2.16. The number of hydrogen-bond donors (Lipinski definition) is 0. The van der Waals surface area contributed by atoms with Crippen molar-refractivity contribution in [1.29, 1.82) is 5.26 Å². The molecule has 5 nitrogen and oxygen atoms in total. The Morgan fingerprint density at radius 2 is 1.87 bits per heavy atom. The van der Waals surface area contributed by atoms with Crippen molar-refractivity contribution in [3.05, 3.63) is 41.5 Å². The molecule has 0 radical (unpaired) electrons. The molecule has 1 aromatic rings. The highest BCUT2D eigenvalue weighted by atomic mass is 16.7. The van der Waals surface area contributed by atoms with Crippen molar-refractivity contribution in [2.45, 2.75) is 38.4 Å². The SMILES string of the molecule is CCCCCC(OC)(OC)C(=Cc1ccccc1)C(=O)OC#N. The van der Waals surface area contributed by atoms with Gasteiger partial charge in [-0.25, -0.2) is 4.79 Å². The molecule has 0 spiro atoms. The molecule has 0 bridgehead atoms. The van der Waals surface area contributed by atoms with Gasteiger partial charge in [0, 0.05) is 20.6 Å². The molecule has 5 heteroatoms. The van der Waals surface area contributed by atoms with E-state index in [4.69, 9.17) is 14.7 Å². The average molecular weight is 317 g/mol. The zero-order valence-electron chi connectivity index (χ0n) is 13.9. The van der Waals surface area contributed by atoms with E-state index in [0.717, 1.165) is 24.8 Å². The average Bonchev–Trinajstić information content (AvgIpc) is 2.58. The van der Waals surface area contributed by atoms with Gasteiger partial charge in [-0.1, -0.05) is 50.1 Å². The fraction of sp³-hybridized carbons (Fsp3) is 0.444. The molecule has 0 aromatic heterocycles. The maximum atomic E-state index is 12.3. The predicted molar refractivity (Wildman–Crippen MR) is 87.0 cm³/mol. The highest BCUT2D eigenvalue weighted by Gasteiger charge is 2.39. The van der Waals surface area contributed by atoms with Crippen molar-refractivity contribution in [1.82, 2.24) is 0 Å². The topological polar surface area (TPSA) is 68.6 Å². The number of methoxy groups -OCH3 is 2. The maximum absolute atomic E-state index is 12.3. The number of rotatable bonds is 9. The lowest BCUT2D eigenvalue weighted by atomic mass is 9.96. The molecule has 0 aliphatic heterocycles. The van der Waals surface area contributed by atoms with Crippen LogP contribution in [-0.4, -0.2) is 26.0 Å². The minimum atomic E-state index is -1.24. The smallest absolute Gasteiger partial charge is 0.349 e. The summed E-state index contributed by atoms with van der Waals surface area (Å²) in [7, 11) is 2.96. The van der Waals surface area contributed by atoms with Crippen LogP contribution < -0.4 is 0 Å². The summed E-state index contributed by atoms with van der Waals surface area (Å²) >= 11 is 0. The van der Waals surface area contributed by atoms with Crippen LogP contribution in [0, 0.1) is 11.5 Å². The summed E-state index contributed by atoms with van der Waals surface area (Å²) in [5.74, 6) is -2.00. The number of benzene rings is 1. The highest BCUT2D eigenvalue weighted by molar-refractivity contribution is 5.96. The van der Waals surface area contributed by atoms with Gasteiger partial charge in [0.25, 0.3) is 6.26 Å². The standard InChI is InChI=1S/C18H23NO4/c1-4-5-9-12-18(21-2,22-3)16(17(20)23-14-19)13-15-10-7-6-8-11-15/h6-8,10-11,13H,4-5,9,12H2,1-3H3. The Labute approximate surface area is 137 Å². The third kappa shape index (κ3) is 5.20. The summed E-state index contributed by atoms with van der Waals surface area (Å²) in [5, 5.41) is 8.68. The minimum absolute atomic E-state index is 0.173. The summed E-state index contributed by atoms with van der Waals surface area (Å²) in [6.45, 7) is 2.09. The van der Waals surface area contributed by atoms with Crippen molar-refractivity contribution < 1.29 is 19.0 Å². The minimum Gasteiger partial charge on any atom is -0.349 e. The van der Waals surface area contributed by atoms with Crippen LogP contribution >= 0.6 is 0 Å². The Bertz CT molecular complexity index is 556. The number of ether oxygens (including phenoxy) is 3. The number of unbranched alkanes of at least 4 members (excludes halogenated alkanes) is 2. The molecule has 1 aromatic carbocycles. The zero-order chi connectivity index (χ0) is 17.1. The molecule has 0 saturated carbocycles. The number of hydrogen-bond acceptors (Lipinski definition) is 5. The molecule has 0 fully saturated rings. The molecule has 0 aliphatic carbocycles. The van der Waals surface area contributed by atoms with Gasteiger partial charge in [-0.2, -0.15) is 0 Å². The summed E-state index contributed by atoms with van der Waals surface area (Å²) in [6, 6.07) is 9.30. The normalized spacial score (nSPS) is 11.8. The van der Waals surface area contributed by atoms with E-state index in [2.05, 4.69) is 11.7 Å². The Kier molecular flexibility index (Phi) is 8.03. The van der Waals surface area contributed by atoms with Crippen LogP contribution in [0.15, 0.2) is 35.9 Å². The van der Waals surface area contributed by atoms with Gasteiger partial charge < -0.3 is 14.2 Å². The molecule has 124 valence electrons. The predicted octanol–water partition coefficient (Wildman–Crippen LogP) is 3.66. The van der Waals surface area contributed by atoms with Gasteiger partial charge in [0.15, 0.2) is 0 Å². The number of nitrogens with zero attached hydrogens (tertiary/aromatic N) is 1. The second-order valence-electron chi connectivity index (χ2n) is 5.07. The van der Waals surface area contributed by atoms with E-state index in [-0.39, 0.29) is 5.57 Å². The van der Waals surface area contributed by atoms with Crippen LogP contribution in [0.1, 0.15) is 38.2 Å². The van der Waals surface area contributed by atoms with E-state index >= 15 is 0 Å². The van der Waals surface area contributed by atoms with Crippen LogP contribution in [0.3, 0.4) is 0 Å². The van der Waals surface area contributed by atoms with E-state index in [1.165, 1.54) is 20.5 Å². The van der Waals surface area contributed by atoms with Crippen LogP contribution in [-0.2, 0) is 19.0 Å². The van der Waals surface area contributed by atoms with E-state index in [0.29, 0.717) is 6.42 Å². The summed E-state index contributed by atoms with van der Waals surface area (Å²) in [4.78, 5) is 12.3. The molecule has 0 saturated heterocycles. The first-order valence-electron chi connectivity index (χ1n) is 7.61. The van der Waals surface area contributed by atoms with E-state index in [1.54, 1.807) is 6.08 Å². The van der Waals surface area contributed by atoms with E-state index in [1.807, 2.05) is 30.3 Å². The molecule has 0 aliphatic rings. The van der Waals surface area contributed by atoms with E-state index in [9.17, 15) is 4.79 Å². The first-order chi connectivity index (χ1) is 11.1. The molecule has 0 unspecified atom stereocenters. The highest BCUT2D eigenvalue weighted by Crippen LogP contribution is 2.31. The summed E-state index contributed by atoms with van der Waals surface area (Å²) < 4.78 is 15.6. The van der Waals surface area contributed by atoms with Crippen LogP contribution in [0.4, 0.5) is 0 Å². The van der Waals surface area contributed by atoms with Crippen molar-refractivity contribution >= 4 is 12.0 Å². The zero-order valence-corrected chi connectivity index (χ0v) is 13.9. The third-order valence-electron chi connectivity index (χ3n) is 3.65. The Balaban J connectivity index is 3.25. The molecule has 23 heavy (non-hydrogen) atoms. The fourth-order valence-electron chi connectivity index (χ4n) is 2.39. The van der Waals surface area contributed by atoms with Gasteiger partial charge in [-0.3, -0.25) is 0 Å².